The number of nitriles is 1. The first kappa shape index (κ1) is 13.3. The molecule has 0 fully saturated rings. The molecule has 1 heterocycles. The highest BCUT2D eigenvalue weighted by Gasteiger charge is 2.09. The quantitative estimate of drug-likeness (QED) is 0.829. The zero-order valence-electron chi connectivity index (χ0n) is 10.6. The molecule has 5 nitrogen and oxygen atoms in total. The van der Waals surface area contributed by atoms with Crippen LogP contribution in [0, 0.1) is 11.3 Å². The summed E-state index contributed by atoms with van der Waals surface area (Å²) in [5.74, 6) is -0.539. The van der Waals surface area contributed by atoms with E-state index in [9.17, 15) is 4.79 Å². The molecule has 1 aromatic carbocycles. The molecule has 0 bridgehead atoms. The highest BCUT2D eigenvalue weighted by Crippen LogP contribution is 2.22. The summed E-state index contributed by atoms with van der Waals surface area (Å²) in [7, 11) is 0. The molecule has 0 radical (unpaired) electrons. The molecule has 1 aromatic heterocycles. The van der Waals surface area contributed by atoms with Crippen molar-refractivity contribution in [3.8, 4) is 6.07 Å². The molecule has 5 heteroatoms. The van der Waals surface area contributed by atoms with E-state index in [1.807, 2.05) is 0 Å². The lowest BCUT2D eigenvalue weighted by Crippen LogP contribution is -2.10. The van der Waals surface area contributed by atoms with Crippen LogP contribution in [0.4, 0.5) is 0 Å². The Hall–Kier alpha value is -3.13. The zero-order valence-corrected chi connectivity index (χ0v) is 10.6. The number of aliphatic imine (C=N–C) groups is 1. The molecule has 0 saturated carbocycles. The number of benzene rings is 1. The van der Waals surface area contributed by atoms with Gasteiger partial charge < -0.3 is 10.7 Å². The molecule has 2 rings (SSSR count). The number of allylic oxidation sites excluding steroid dienone is 1. The van der Waals surface area contributed by atoms with Gasteiger partial charge in [0.05, 0.1) is 17.1 Å². The van der Waals surface area contributed by atoms with Gasteiger partial charge in [-0.05, 0) is 29.8 Å². The molecule has 0 aliphatic heterocycles. The van der Waals surface area contributed by atoms with E-state index in [4.69, 9.17) is 11.0 Å². The van der Waals surface area contributed by atoms with Crippen LogP contribution >= 0.6 is 0 Å². The number of H-pyrrole nitrogens is 1. The van der Waals surface area contributed by atoms with E-state index in [2.05, 4.69) is 22.6 Å². The van der Waals surface area contributed by atoms with Crippen molar-refractivity contribution >= 4 is 29.1 Å². The average Bonchev–Trinajstić information content (AvgIpc) is 2.87. The summed E-state index contributed by atoms with van der Waals surface area (Å²) < 4.78 is 0. The molecule has 0 spiro atoms. The number of hydrogen-bond acceptors (Lipinski definition) is 3. The number of primary amides is 1. The predicted octanol–water partition coefficient (Wildman–Crippen LogP) is 2.37. The highest BCUT2D eigenvalue weighted by molar-refractivity contribution is 6.00. The van der Waals surface area contributed by atoms with Crippen LogP contribution in [-0.2, 0) is 0 Å². The maximum atomic E-state index is 11.2. The number of carbonyl (C=O) groups is 1. The Labute approximate surface area is 115 Å². The lowest BCUT2D eigenvalue weighted by molar-refractivity contribution is 0.0996. The van der Waals surface area contributed by atoms with Crippen molar-refractivity contribution in [2.24, 2.45) is 10.7 Å². The van der Waals surface area contributed by atoms with Crippen molar-refractivity contribution in [2.75, 3.05) is 0 Å². The third kappa shape index (κ3) is 2.65. The average molecular weight is 264 g/mol. The molecule has 3 N–H and O–H groups in total. The molecule has 0 aliphatic carbocycles. The standard InChI is InChI=1S/C15H12N4O/c1-2-18-5-3-4-11-6-10(9-16)7-12-8-13(15(17)20)19-14(11)12/h2-8,19H,1H2,(H2,17,20)/b4-3+,18-5-. The van der Waals surface area contributed by atoms with Gasteiger partial charge in [0.15, 0.2) is 0 Å². The van der Waals surface area contributed by atoms with Gasteiger partial charge in [0.2, 0.25) is 0 Å². The molecule has 1 amide bonds. The Morgan fingerprint density at radius 2 is 2.25 bits per heavy atom. The zero-order chi connectivity index (χ0) is 14.5. The first-order chi connectivity index (χ1) is 9.65. The minimum absolute atomic E-state index is 0.310. The van der Waals surface area contributed by atoms with Crippen LogP contribution in [0.3, 0.4) is 0 Å². The van der Waals surface area contributed by atoms with Crippen molar-refractivity contribution in [1.29, 1.82) is 5.26 Å². The molecule has 0 aliphatic rings. The number of nitrogens with one attached hydrogen (secondary N) is 1. The van der Waals surface area contributed by atoms with Crippen LogP contribution in [0.1, 0.15) is 21.6 Å². The Balaban J connectivity index is 2.58. The Bertz CT molecular complexity index is 775. The Morgan fingerprint density at radius 3 is 2.90 bits per heavy atom. The van der Waals surface area contributed by atoms with Gasteiger partial charge in [-0.25, -0.2) is 0 Å². The van der Waals surface area contributed by atoms with Gasteiger partial charge in [0.25, 0.3) is 5.91 Å². The first-order valence-electron chi connectivity index (χ1n) is 5.83. The summed E-state index contributed by atoms with van der Waals surface area (Å²) in [6.07, 6.45) is 6.51. The van der Waals surface area contributed by atoms with Crippen molar-refractivity contribution in [3.05, 3.63) is 53.9 Å². The van der Waals surface area contributed by atoms with E-state index < -0.39 is 5.91 Å². The van der Waals surface area contributed by atoms with Gasteiger partial charge in [-0.1, -0.05) is 12.7 Å². The van der Waals surface area contributed by atoms with Gasteiger partial charge in [0.1, 0.15) is 5.69 Å². The number of fused-ring (bicyclic) bond motifs is 1. The second-order valence-electron chi connectivity index (χ2n) is 4.03. The number of rotatable bonds is 4. The SMILES string of the molecule is C=C/N=C\C=C\c1cc(C#N)cc2cc(C(N)=O)[nH]c12. The molecular formula is C15H12N4O. The fourth-order valence-corrected chi connectivity index (χ4v) is 1.86. The number of nitrogens with two attached hydrogens (primary N) is 1. The van der Waals surface area contributed by atoms with Crippen LogP contribution in [0.25, 0.3) is 17.0 Å². The van der Waals surface area contributed by atoms with Crippen LogP contribution in [-0.4, -0.2) is 17.1 Å². The molecule has 98 valence electrons. The van der Waals surface area contributed by atoms with Crippen molar-refractivity contribution in [2.45, 2.75) is 0 Å². The summed E-state index contributed by atoms with van der Waals surface area (Å²) in [6.45, 7) is 3.47. The van der Waals surface area contributed by atoms with E-state index in [-0.39, 0.29) is 0 Å². The van der Waals surface area contributed by atoms with Gasteiger partial charge in [-0.3, -0.25) is 9.79 Å². The molecule has 0 saturated heterocycles. The van der Waals surface area contributed by atoms with E-state index in [1.54, 1.807) is 36.6 Å². The minimum atomic E-state index is -0.539. The Morgan fingerprint density at radius 1 is 1.45 bits per heavy atom. The summed E-state index contributed by atoms with van der Waals surface area (Å²) in [5, 5.41) is 9.79. The smallest absolute Gasteiger partial charge is 0.265 e. The number of aromatic amines is 1. The number of nitrogens with zero attached hydrogens (tertiary/aromatic N) is 2. The number of carbonyl (C=O) groups excluding carboxylic acids is 1. The fourth-order valence-electron chi connectivity index (χ4n) is 1.86. The van der Waals surface area contributed by atoms with Crippen molar-refractivity contribution in [3.63, 3.8) is 0 Å². The van der Waals surface area contributed by atoms with Crippen molar-refractivity contribution < 1.29 is 4.79 Å². The predicted molar refractivity (Wildman–Crippen MR) is 79.3 cm³/mol. The number of aromatic nitrogens is 1. The summed E-state index contributed by atoms with van der Waals surface area (Å²) in [6, 6.07) is 7.14. The largest absolute Gasteiger partial charge is 0.364 e. The fraction of sp³-hybridized carbons (Fsp3) is 0. The molecular weight excluding hydrogens is 252 g/mol. The van der Waals surface area contributed by atoms with E-state index in [0.29, 0.717) is 11.3 Å². The van der Waals surface area contributed by atoms with E-state index in [1.165, 1.54) is 6.20 Å². The topological polar surface area (TPSA) is 95.0 Å². The lowest BCUT2D eigenvalue weighted by Gasteiger charge is -1.98. The van der Waals surface area contributed by atoms with Gasteiger partial charge in [-0.2, -0.15) is 5.26 Å². The molecule has 0 unspecified atom stereocenters. The summed E-state index contributed by atoms with van der Waals surface area (Å²) in [5.41, 5.74) is 7.60. The van der Waals surface area contributed by atoms with Gasteiger partial charge in [0, 0.05) is 17.8 Å². The third-order valence-electron chi connectivity index (χ3n) is 2.71. The number of hydrogen-bond donors (Lipinski definition) is 2. The third-order valence-corrected chi connectivity index (χ3v) is 2.71. The van der Waals surface area contributed by atoms with Crippen LogP contribution in [0.5, 0.6) is 0 Å². The second kappa shape index (κ2) is 5.67. The Kier molecular flexibility index (Phi) is 3.77. The second-order valence-corrected chi connectivity index (χ2v) is 4.03. The first-order valence-corrected chi connectivity index (χ1v) is 5.83. The molecule has 20 heavy (non-hydrogen) atoms. The summed E-state index contributed by atoms with van der Waals surface area (Å²) in [4.78, 5) is 18.0. The maximum absolute atomic E-state index is 11.2. The maximum Gasteiger partial charge on any atom is 0.265 e. The highest BCUT2D eigenvalue weighted by atomic mass is 16.1. The lowest BCUT2D eigenvalue weighted by atomic mass is 10.1. The molecule has 0 atom stereocenters. The van der Waals surface area contributed by atoms with E-state index >= 15 is 0 Å². The van der Waals surface area contributed by atoms with Gasteiger partial charge >= 0.3 is 0 Å². The number of amides is 1. The summed E-state index contributed by atoms with van der Waals surface area (Å²) >= 11 is 0. The van der Waals surface area contributed by atoms with Crippen LogP contribution in [0.15, 0.2) is 42.0 Å². The molecule has 2 aromatic rings. The monoisotopic (exact) mass is 264 g/mol. The van der Waals surface area contributed by atoms with Gasteiger partial charge in [-0.15, -0.1) is 0 Å². The van der Waals surface area contributed by atoms with Crippen molar-refractivity contribution in [1.82, 2.24) is 4.98 Å². The van der Waals surface area contributed by atoms with Crippen LogP contribution < -0.4 is 5.73 Å². The minimum Gasteiger partial charge on any atom is -0.364 e. The van der Waals surface area contributed by atoms with Crippen LogP contribution in [0.2, 0.25) is 0 Å². The normalized spacial score (nSPS) is 11.2. The van der Waals surface area contributed by atoms with E-state index in [0.717, 1.165) is 16.5 Å².